The minimum Gasteiger partial charge on any atom is -0.446 e. The second kappa shape index (κ2) is 10.8. The maximum atomic E-state index is 13.9. The molecule has 37 heavy (non-hydrogen) atoms. The molecule has 0 aromatic heterocycles. The lowest BCUT2D eigenvalue weighted by atomic mass is 9.64. The molecule has 4 nitrogen and oxygen atoms in total. The molecule has 2 aromatic carbocycles. The molecule has 2 aliphatic rings. The Hall–Kier alpha value is -2.37. The first-order valence-electron chi connectivity index (χ1n) is 13.4. The van der Waals surface area contributed by atoms with Crippen LogP contribution in [0.3, 0.4) is 0 Å². The van der Waals surface area contributed by atoms with Gasteiger partial charge in [0.15, 0.2) is 5.78 Å². The van der Waals surface area contributed by atoms with Gasteiger partial charge in [0.25, 0.3) is 0 Å². The number of halogens is 1. The predicted octanol–water partition coefficient (Wildman–Crippen LogP) is 8.34. The fourth-order valence-corrected chi connectivity index (χ4v) is 7.59. The number of carbonyl (C=O) groups excluding carboxylic acids is 2. The van der Waals surface area contributed by atoms with Gasteiger partial charge in [-0.3, -0.25) is 9.69 Å². The third-order valence-electron chi connectivity index (χ3n) is 8.31. The minimum atomic E-state index is -1.96. The summed E-state index contributed by atoms with van der Waals surface area (Å²) >= 11 is 6.13. The van der Waals surface area contributed by atoms with Gasteiger partial charge in [0.1, 0.15) is 6.10 Å². The zero-order chi connectivity index (χ0) is 27.0. The minimum absolute atomic E-state index is 0.123. The van der Waals surface area contributed by atoms with Crippen LogP contribution in [-0.2, 0) is 14.9 Å². The van der Waals surface area contributed by atoms with E-state index in [2.05, 4.69) is 64.7 Å². The van der Waals surface area contributed by atoms with E-state index in [-0.39, 0.29) is 35.7 Å². The van der Waals surface area contributed by atoms with E-state index in [9.17, 15) is 9.59 Å². The molecule has 0 spiro atoms. The molecule has 0 saturated heterocycles. The number of ketones is 1. The van der Waals surface area contributed by atoms with Gasteiger partial charge in [-0.1, -0.05) is 101 Å². The van der Waals surface area contributed by atoms with Crippen molar-refractivity contribution in [1.82, 2.24) is 4.90 Å². The van der Waals surface area contributed by atoms with Crippen molar-refractivity contribution in [2.75, 3.05) is 0 Å². The lowest BCUT2D eigenvalue weighted by Gasteiger charge is -2.45. The summed E-state index contributed by atoms with van der Waals surface area (Å²) in [6.07, 6.45) is 4.47. The first-order chi connectivity index (χ1) is 17.4. The van der Waals surface area contributed by atoms with E-state index in [1.54, 1.807) is 11.1 Å². The predicted molar refractivity (Wildman–Crippen MR) is 153 cm³/mol. The molecular formula is C31H40ClNO3Si. The van der Waals surface area contributed by atoms with Crippen LogP contribution in [0.2, 0.25) is 24.7 Å². The normalized spacial score (nSPS) is 25.0. The van der Waals surface area contributed by atoms with Crippen LogP contribution in [0.25, 0.3) is 0 Å². The van der Waals surface area contributed by atoms with Crippen LogP contribution in [0.4, 0.5) is 4.79 Å². The van der Waals surface area contributed by atoms with Gasteiger partial charge in [-0.2, -0.15) is 0 Å². The number of rotatable bonds is 5. The zero-order valence-electron chi connectivity index (χ0n) is 23.0. The van der Waals surface area contributed by atoms with Gasteiger partial charge < -0.3 is 4.74 Å². The quantitative estimate of drug-likeness (QED) is 0.360. The Morgan fingerprint density at radius 1 is 1.03 bits per heavy atom. The monoisotopic (exact) mass is 537 g/mol. The number of ether oxygens (including phenoxy) is 1. The zero-order valence-corrected chi connectivity index (χ0v) is 24.7. The van der Waals surface area contributed by atoms with Gasteiger partial charge >= 0.3 is 6.09 Å². The van der Waals surface area contributed by atoms with Crippen molar-refractivity contribution in [2.24, 2.45) is 11.8 Å². The molecule has 1 aliphatic heterocycles. The van der Waals surface area contributed by atoms with Gasteiger partial charge in [-0.25, -0.2) is 4.79 Å². The third-order valence-corrected chi connectivity index (χ3v) is 10.6. The molecule has 6 heteroatoms. The molecule has 198 valence electrons. The SMILES string of the molecule is C[C@@H]1CC[C@@H](C(C)(C)c2ccccc2)[C@H](OC(=O)N2C=C([Si](C)(C)C)C(=O)C[C@@H]2c2ccc(Cl)cc2)C1. The topological polar surface area (TPSA) is 46.6 Å². The van der Waals surface area contributed by atoms with Crippen LogP contribution in [0.5, 0.6) is 0 Å². The second-order valence-electron chi connectivity index (χ2n) is 12.4. The number of hydrogen-bond acceptors (Lipinski definition) is 3. The first-order valence-corrected chi connectivity index (χ1v) is 17.3. The lowest BCUT2D eigenvalue weighted by molar-refractivity contribution is -0.116. The fraction of sp³-hybridized carbons (Fsp3) is 0.484. The van der Waals surface area contributed by atoms with Crippen LogP contribution in [0, 0.1) is 11.8 Å². The summed E-state index contributed by atoms with van der Waals surface area (Å²) in [4.78, 5) is 28.8. The summed E-state index contributed by atoms with van der Waals surface area (Å²) in [5.41, 5.74) is 2.01. The number of Topliss-reactive ketones (excluding diaryl/α,β-unsaturated/α-hetero) is 1. The average Bonchev–Trinajstić information content (AvgIpc) is 2.84. The summed E-state index contributed by atoms with van der Waals surface area (Å²) in [6, 6.07) is 17.6. The summed E-state index contributed by atoms with van der Waals surface area (Å²) in [5, 5.41) is 1.41. The van der Waals surface area contributed by atoms with E-state index < -0.39 is 14.1 Å². The van der Waals surface area contributed by atoms with E-state index in [1.165, 1.54) is 5.56 Å². The maximum Gasteiger partial charge on any atom is 0.414 e. The number of hydrogen-bond donors (Lipinski definition) is 0. The number of allylic oxidation sites excluding steroid dienone is 1. The third kappa shape index (κ3) is 6.04. The molecule has 0 N–H and O–H groups in total. The molecule has 0 unspecified atom stereocenters. The van der Waals surface area contributed by atoms with Crippen molar-refractivity contribution in [2.45, 2.75) is 83.7 Å². The van der Waals surface area contributed by atoms with Gasteiger partial charge in [-0.15, -0.1) is 0 Å². The van der Waals surface area contributed by atoms with Crippen LogP contribution < -0.4 is 0 Å². The highest BCUT2D eigenvalue weighted by molar-refractivity contribution is 6.87. The highest BCUT2D eigenvalue weighted by Crippen LogP contribution is 2.44. The Morgan fingerprint density at radius 3 is 2.30 bits per heavy atom. The van der Waals surface area contributed by atoms with Crippen LogP contribution >= 0.6 is 11.6 Å². The Balaban J connectivity index is 1.67. The van der Waals surface area contributed by atoms with E-state index in [1.807, 2.05) is 30.3 Å². The molecule has 1 heterocycles. The fourth-order valence-electron chi connectivity index (χ4n) is 6.00. The Labute approximate surface area is 228 Å². The van der Waals surface area contributed by atoms with Crippen LogP contribution in [-0.4, -0.2) is 31.0 Å². The van der Waals surface area contributed by atoms with Gasteiger partial charge in [-0.05, 0) is 52.6 Å². The van der Waals surface area contributed by atoms with Gasteiger partial charge in [0.05, 0.1) is 14.1 Å². The summed E-state index contributed by atoms with van der Waals surface area (Å²) < 4.78 is 6.41. The van der Waals surface area contributed by atoms with Crippen LogP contribution in [0.15, 0.2) is 66.0 Å². The molecule has 4 rings (SSSR count). The number of carbonyl (C=O) groups is 2. The molecule has 1 aliphatic carbocycles. The number of nitrogens with zero attached hydrogens (tertiary/aromatic N) is 1. The summed E-state index contributed by atoms with van der Waals surface area (Å²) in [5.74, 6) is 0.817. The average molecular weight is 538 g/mol. The smallest absolute Gasteiger partial charge is 0.414 e. The largest absolute Gasteiger partial charge is 0.446 e. The van der Waals surface area contributed by atoms with Crippen molar-refractivity contribution in [3.63, 3.8) is 0 Å². The number of benzene rings is 2. The molecule has 4 atom stereocenters. The van der Waals surface area contributed by atoms with Crippen molar-refractivity contribution >= 4 is 31.6 Å². The highest BCUT2D eigenvalue weighted by atomic mass is 35.5. The van der Waals surface area contributed by atoms with Gasteiger partial charge in [0, 0.05) is 23.6 Å². The Kier molecular flexibility index (Phi) is 8.06. The van der Waals surface area contributed by atoms with Crippen molar-refractivity contribution in [1.29, 1.82) is 0 Å². The van der Waals surface area contributed by atoms with Crippen molar-refractivity contribution < 1.29 is 14.3 Å². The van der Waals surface area contributed by atoms with E-state index in [4.69, 9.17) is 16.3 Å². The van der Waals surface area contributed by atoms with E-state index in [0.717, 1.165) is 30.0 Å². The first kappa shape index (κ1) is 27.7. The molecular weight excluding hydrogens is 498 g/mol. The number of amides is 1. The molecule has 1 fully saturated rings. The van der Waals surface area contributed by atoms with Crippen molar-refractivity contribution in [3.05, 3.63) is 82.1 Å². The molecule has 0 radical (unpaired) electrons. The summed E-state index contributed by atoms with van der Waals surface area (Å²) in [7, 11) is -1.96. The standard InChI is InChI=1S/C31H40ClNO3Si/c1-21-12-17-25(31(2,3)23-10-8-7-9-11-23)28(18-21)36-30(35)33-20-29(37(4,5)6)27(34)19-26(33)22-13-15-24(32)16-14-22/h7-11,13-16,20-21,25-26,28H,12,17-19H2,1-6H3/t21-,25-,26-,28-/m1/s1. The molecule has 1 amide bonds. The molecule has 0 bridgehead atoms. The Morgan fingerprint density at radius 2 is 1.68 bits per heavy atom. The van der Waals surface area contributed by atoms with E-state index in [0.29, 0.717) is 10.9 Å². The maximum absolute atomic E-state index is 13.9. The summed E-state index contributed by atoms with van der Waals surface area (Å²) in [6.45, 7) is 13.2. The van der Waals surface area contributed by atoms with Crippen LogP contribution in [0.1, 0.15) is 63.6 Å². The van der Waals surface area contributed by atoms with Crippen molar-refractivity contribution in [3.8, 4) is 0 Å². The lowest BCUT2D eigenvalue weighted by Crippen LogP contribution is -2.47. The van der Waals surface area contributed by atoms with E-state index >= 15 is 0 Å². The second-order valence-corrected chi connectivity index (χ2v) is 17.9. The Bertz CT molecular complexity index is 1150. The molecule has 1 saturated carbocycles. The molecule has 2 aromatic rings. The van der Waals surface area contributed by atoms with Gasteiger partial charge in [0.2, 0.25) is 0 Å². The highest BCUT2D eigenvalue weighted by Gasteiger charge is 2.44.